The van der Waals surface area contributed by atoms with E-state index >= 15 is 0 Å². The molecule has 18 heavy (non-hydrogen) atoms. The van der Waals surface area contributed by atoms with Crippen molar-refractivity contribution in [3.05, 3.63) is 29.6 Å². The normalized spacial score (nSPS) is 18.1. The van der Waals surface area contributed by atoms with Crippen LogP contribution in [0.5, 0.6) is 0 Å². The van der Waals surface area contributed by atoms with Gasteiger partial charge >= 0.3 is 0 Å². The summed E-state index contributed by atoms with van der Waals surface area (Å²) in [5.41, 5.74) is -0.169. The molecule has 0 radical (unpaired) electrons. The number of nitrogens with one attached hydrogen (secondary N) is 1. The van der Waals surface area contributed by atoms with Crippen LogP contribution in [0.2, 0.25) is 0 Å². The summed E-state index contributed by atoms with van der Waals surface area (Å²) >= 11 is 0. The standard InChI is InChI=1S/C13H14FN3O/c1-13(2)12(18)16-5-6-17(13)11-4-3-9(8-15)7-10(11)14/h3-4,7H,5-6H2,1-2H3,(H,16,18). The van der Waals surface area contributed by atoms with Crippen molar-refractivity contribution in [3.8, 4) is 6.07 Å². The van der Waals surface area contributed by atoms with Gasteiger partial charge in [-0.25, -0.2) is 4.39 Å². The van der Waals surface area contributed by atoms with E-state index in [0.717, 1.165) is 0 Å². The fourth-order valence-corrected chi connectivity index (χ4v) is 2.12. The molecule has 94 valence electrons. The number of hydrogen-bond donors (Lipinski definition) is 1. The molecule has 1 N–H and O–H groups in total. The largest absolute Gasteiger partial charge is 0.353 e. The average molecular weight is 247 g/mol. The molecule has 0 aliphatic carbocycles. The first-order valence-electron chi connectivity index (χ1n) is 5.72. The number of benzene rings is 1. The highest BCUT2D eigenvalue weighted by atomic mass is 19.1. The Morgan fingerprint density at radius 1 is 1.50 bits per heavy atom. The van der Waals surface area contributed by atoms with Crippen LogP contribution in [0.1, 0.15) is 19.4 Å². The zero-order chi connectivity index (χ0) is 13.3. The Morgan fingerprint density at radius 3 is 2.83 bits per heavy atom. The molecule has 0 saturated carbocycles. The average Bonchev–Trinajstić information content (AvgIpc) is 2.33. The molecular formula is C13H14FN3O. The van der Waals surface area contributed by atoms with Gasteiger partial charge in [-0.15, -0.1) is 0 Å². The van der Waals surface area contributed by atoms with Crippen LogP contribution >= 0.6 is 0 Å². The van der Waals surface area contributed by atoms with Crippen LogP contribution in [0.4, 0.5) is 10.1 Å². The maximum atomic E-state index is 14.0. The van der Waals surface area contributed by atoms with Crippen molar-refractivity contribution in [2.45, 2.75) is 19.4 Å². The maximum Gasteiger partial charge on any atom is 0.245 e. The molecule has 5 heteroatoms. The molecule has 4 nitrogen and oxygen atoms in total. The molecule has 2 rings (SSSR count). The van der Waals surface area contributed by atoms with E-state index in [1.807, 2.05) is 6.07 Å². The zero-order valence-corrected chi connectivity index (χ0v) is 10.3. The minimum atomic E-state index is -0.798. The van der Waals surface area contributed by atoms with Crippen LogP contribution in [-0.2, 0) is 4.79 Å². The number of rotatable bonds is 1. The smallest absolute Gasteiger partial charge is 0.245 e. The quantitative estimate of drug-likeness (QED) is 0.816. The van der Waals surface area contributed by atoms with Gasteiger partial charge in [-0.2, -0.15) is 5.26 Å². The van der Waals surface area contributed by atoms with Gasteiger partial charge < -0.3 is 10.2 Å². The molecule has 1 fully saturated rings. The van der Waals surface area contributed by atoms with Gasteiger partial charge in [0.1, 0.15) is 11.4 Å². The highest BCUT2D eigenvalue weighted by molar-refractivity contribution is 5.90. The topological polar surface area (TPSA) is 56.1 Å². The van der Waals surface area contributed by atoms with E-state index in [1.165, 1.54) is 6.07 Å². The molecule has 1 aromatic rings. The Labute approximate surface area is 105 Å². The summed E-state index contributed by atoms with van der Waals surface area (Å²) in [4.78, 5) is 13.5. The van der Waals surface area contributed by atoms with Gasteiger partial charge in [-0.1, -0.05) is 0 Å². The molecule has 1 saturated heterocycles. The number of piperazine rings is 1. The molecule has 1 aliphatic rings. The lowest BCUT2D eigenvalue weighted by molar-refractivity contribution is -0.126. The molecule has 0 spiro atoms. The van der Waals surface area contributed by atoms with Crippen molar-refractivity contribution in [1.29, 1.82) is 5.26 Å². The highest BCUT2D eigenvalue weighted by Gasteiger charge is 2.38. The molecule has 1 aliphatic heterocycles. The van der Waals surface area contributed by atoms with Crippen LogP contribution in [0.3, 0.4) is 0 Å². The van der Waals surface area contributed by atoms with Gasteiger partial charge in [0.15, 0.2) is 0 Å². The molecule has 0 unspecified atom stereocenters. The van der Waals surface area contributed by atoms with Crippen molar-refractivity contribution >= 4 is 11.6 Å². The first kappa shape index (κ1) is 12.4. The molecule has 1 aromatic carbocycles. The van der Waals surface area contributed by atoms with Crippen LogP contribution in [0.25, 0.3) is 0 Å². The first-order chi connectivity index (χ1) is 8.46. The number of halogens is 1. The van der Waals surface area contributed by atoms with Crippen molar-refractivity contribution in [2.75, 3.05) is 18.0 Å². The summed E-state index contributed by atoms with van der Waals surface area (Å²) in [6.45, 7) is 4.53. The number of carbonyl (C=O) groups is 1. The third-order valence-corrected chi connectivity index (χ3v) is 3.22. The Morgan fingerprint density at radius 2 is 2.22 bits per heavy atom. The van der Waals surface area contributed by atoms with E-state index in [2.05, 4.69) is 5.32 Å². The fraction of sp³-hybridized carbons (Fsp3) is 0.385. The second kappa shape index (κ2) is 4.30. The van der Waals surface area contributed by atoms with Crippen molar-refractivity contribution in [3.63, 3.8) is 0 Å². The predicted molar refractivity (Wildman–Crippen MR) is 65.5 cm³/mol. The molecular weight excluding hydrogens is 233 g/mol. The van der Waals surface area contributed by atoms with Crippen molar-refractivity contribution in [1.82, 2.24) is 5.32 Å². The molecule has 0 bridgehead atoms. The van der Waals surface area contributed by atoms with Gasteiger partial charge in [0.05, 0.1) is 17.3 Å². The number of nitrogens with zero attached hydrogens (tertiary/aromatic N) is 2. The lowest BCUT2D eigenvalue weighted by atomic mass is 9.97. The Balaban J connectivity index is 2.42. The number of nitriles is 1. The lowest BCUT2D eigenvalue weighted by Gasteiger charge is -2.42. The highest BCUT2D eigenvalue weighted by Crippen LogP contribution is 2.28. The summed E-state index contributed by atoms with van der Waals surface area (Å²) in [7, 11) is 0. The zero-order valence-electron chi connectivity index (χ0n) is 10.3. The van der Waals surface area contributed by atoms with Gasteiger partial charge in [-0.3, -0.25) is 4.79 Å². The first-order valence-corrected chi connectivity index (χ1v) is 5.72. The third-order valence-electron chi connectivity index (χ3n) is 3.22. The van der Waals surface area contributed by atoms with Gasteiger partial charge in [0.2, 0.25) is 5.91 Å². The number of anilines is 1. The van der Waals surface area contributed by atoms with Gasteiger partial charge in [0, 0.05) is 13.1 Å². The second-order valence-corrected chi connectivity index (χ2v) is 4.74. The Kier molecular flexibility index (Phi) is 2.95. The summed E-state index contributed by atoms with van der Waals surface area (Å²) in [5, 5.41) is 11.5. The number of carbonyl (C=O) groups excluding carboxylic acids is 1. The minimum absolute atomic E-state index is 0.127. The SMILES string of the molecule is CC1(C)C(=O)NCCN1c1ccc(C#N)cc1F. The summed E-state index contributed by atoms with van der Waals surface area (Å²) in [6, 6.07) is 6.19. The Hall–Kier alpha value is -2.09. The number of amides is 1. The van der Waals surface area contributed by atoms with E-state index in [9.17, 15) is 9.18 Å². The van der Waals surface area contributed by atoms with E-state index in [0.29, 0.717) is 18.8 Å². The Bertz CT molecular complexity index is 534. The predicted octanol–water partition coefficient (Wildman–Crippen LogP) is 1.41. The van der Waals surface area contributed by atoms with Crippen LogP contribution < -0.4 is 10.2 Å². The summed E-state index contributed by atoms with van der Waals surface area (Å²) in [5.74, 6) is -0.602. The summed E-state index contributed by atoms with van der Waals surface area (Å²) in [6.07, 6.45) is 0. The van der Waals surface area contributed by atoms with Gasteiger partial charge in [-0.05, 0) is 32.0 Å². The third kappa shape index (κ3) is 1.90. The van der Waals surface area contributed by atoms with E-state index in [4.69, 9.17) is 5.26 Å². The van der Waals surface area contributed by atoms with Crippen molar-refractivity contribution < 1.29 is 9.18 Å². The maximum absolute atomic E-state index is 14.0. The van der Waals surface area contributed by atoms with Crippen LogP contribution in [-0.4, -0.2) is 24.5 Å². The van der Waals surface area contributed by atoms with E-state index in [1.54, 1.807) is 30.9 Å². The fourth-order valence-electron chi connectivity index (χ4n) is 2.12. The lowest BCUT2D eigenvalue weighted by Crippen LogP contribution is -2.62. The van der Waals surface area contributed by atoms with E-state index in [-0.39, 0.29) is 11.5 Å². The summed E-state index contributed by atoms with van der Waals surface area (Å²) < 4.78 is 14.0. The van der Waals surface area contributed by atoms with Crippen LogP contribution in [0, 0.1) is 17.1 Å². The van der Waals surface area contributed by atoms with Gasteiger partial charge in [0.25, 0.3) is 0 Å². The molecule has 0 atom stereocenters. The monoisotopic (exact) mass is 247 g/mol. The van der Waals surface area contributed by atoms with Crippen LogP contribution in [0.15, 0.2) is 18.2 Å². The minimum Gasteiger partial charge on any atom is -0.353 e. The molecule has 1 heterocycles. The number of hydrogen-bond acceptors (Lipinski definition) is 3. The second-order valence-electron chi connectivity index (χ2n) is 4.74. The molecule has 0 aromatic heterocycles. The molecule has 1 amide bonds. The van der Waals surface area contributed by atoms with E-state index < -0.39 is 11.4 Å². The van der Waals surface area contributed by atoms with Crippen molar-refractivity contribution in [2.24, 2.45) is 0 Å².